The van der Waals surface area contributed by atoms with Crippen LogP contribution in [0, 0.1) is 5.92 Å². The van der Waals surface area contributed by atoms with Crippen LogP contribution in [-0.4, -0.2) is 57.5 Å². The molecule has 3 rings (SSSR count). The number of carbonyl (C=O) groups is 1. The van der Waals surface area contributed by atoms with Crippen LogP contribution in [0.3, 0.4) is 0 Å². The van der Waals surface area contributed by atoms with Crippen molar-refractivity contribution in [2.75, 3.05) is 33.9 Å². The van der Waals surface area contributed by atoms with Gasteiger partial charge in [0.05, 0.1) is 19.8 Å². The highest BCUT2D eigenvalue weighted by atomic mass is 32.2. The summed E-state index contributed by atoms with van der Waals surface area (Å²) >= 11 is 0. The molecular formula is C20H25N3O5S. The summed E-state index contributed by atoms with van der Waals surface area (Å²) in [5.41, 5.74) is 0.435. The van der Waals surface area contributed by atoms with E-state index >= 15 is 0 Å². The van der Waals surface area contributed by atoms with Crippen LogP contribution in [0.5, 0.6) is 11.5 Å². The van der Waals surface area contributed by atoms with Crippen molar-refractivity contribution < 1.29 is 22.7 Å². The number of hydrogen-bond acceptors (Lipinski definition) is 6. The molecule has 1 amide bonds. The average Bonchev–Trinajstić information content (AvgIpc) is 2.77. The number of pyridine rings is 1. The summed E-state index contributed by atoms with van der Waals surface area (Å²) in [6, 6.07) is 8.20. The van der Waals surface area contributed by atoms with Crippen LogP contribution >= 0.6 is 0 Å². The third-order valence-electron chi connectivity index (χ3n) is 5.05. The van der Waals surface area contributed by atoms with E-state index in [-0.39, 0.29) is 16.7 Å². The zero-order chi connectivity index (χ0) is 20.9. The van der Waals surface area contributed by atoms with Crippen molar-refractivity contribution in [3.63, 3.8) is 0 Å². The molecule has 0 saturated carbocycles. The largest absolute Gasteiger partial charge is 0.497 e. The molecule has 0 atom stereocenters. The van der Waals surface area contributed by atoms with Crippen LogP contribution < -0.4 is 14.8 Å². The lowest BCUT2D eigenvalue weighted by molar-refractivity contribution is 0.0938. The zero-order valence-electron chi connectivity index (χ0n) is 16.5. The van der Waals surface area contributed by atoms with E-state index in [4.69, 9.17) is 9.47 Å². The van der Waals surface area contributed by atoms with Crippen molar-refractivity contribution in [2.24, 2.45) is 5.92 Å². The lowest BCUT2D eigenvalue weighted by Crippen LogP contribution is -2.41. The molecule has 0 bridgehead atoms. The van der Waals surface area contributed by atoms with Crippen LogP contribution in [0.2, 0.25) is 0 Å². The van der Waals surface area contributed by atoms with E-state index in [2.05, 4.69) is 10.3 Å². The normalized spacial score (nSPS) is 15.7. The number of piperidine rings is 1. The molecule has 1 aromatic heterocycles. The summed E-state index contributed by atoms with van der Waals surface area (Å²) in [6.07, 6.45) is 4.27. The van der Waals surface area contributed by atoms with Crippen LogP contribution in [0.1, 0.15) is 23.2 Å². The molecule has 0 aliphatic carbocycles. The SMILES string of the molecule is COc1ccc(C(=O)NCC2CCN(S(=O)(=O)c3cccnc3)CC2)c(OC)c1. The Bertz CT molecular complexity index is 942. The predicted molar refractivity (Wildman–Crippen MR) is 108 cm³/mol. The van der Waals surface area contributed by atoms with Gasteiger partial charge in [0.15, 0.2) is 0 Å². The van der Waals surface area contributed by atoms with Crippen LogP contribution in [0.15, 0.2) is 47.6 Å². The fourth-order valence-electron chi connectivity index (χ4n) is 3.32. The molecule has 0 spiro atoms. The average molecular weight is 420 g/mol. The van der Waals surface area contributed by atoms with Gasteiger partial charge in [0, 0.05) is 38.1 Å². The Balaban J connectivity index is 1.55. The fraction of sp³-hybridized carbons (Fsp3) is 0.400. The zero-order valence-corrected chi connectivity index (χ0v) is 17.3. The molecule has 156 valence electrons. The number of sulfonamides is 1. The van der Waals surface area contributed by atoms with E-state index < -0.39 is 10.0 Å². The Morgan fingerprint density at radius 1 is 1.21 bits per heavy atom. The van der Waals surface area contributed by atoms with Gasteiger partial charge in [-0.05, 0) is 43.0 Å². The molecule has 29 heavy (non-hydrogen) atoms. The first-order valence-electron chi connectivity index (χ1n) is 9.36. The monoisotopic (exact) mass is 419 g/mol. The molecule has 1 aromatic carbocycles. The topological polar surface area (TPSA) is 97.8 Å². The summed E-state index contributed by atoms with van der Waals surface area (Å²) in [7, 11) is -0.465. The number of methoxy groups -OCH3 is 2. The molecule has 9 heteroatoms. The molecule has 1 aliphatic rings. The lowest BCUT2D eigenvalue weighted by atomic mass is 9.98. The third-order valence-corrected chi connectivity index (χ3v) is 6.93. The molecule has 2 heterocycles. The number of carbonyl (C=O) groups excluding carboxylic acids is 1. The number of nitrogens with one attached hydrogen (secondary N) is 1. The Morgan fingerprint density at radius 2 is 1.97 bits per heavy atom. The van der Waals surface area contributed by atoms with Crippen LogP contribution in [0.25, 0.3) is 0 Å². The molecular weight excluding hydrogens is 394 g/mol. The Hall–Kier alpha value is -2.65. The maximum absolute atomic E-state index is 12.7. The summed E-state index contributed by atoms with van der Waals surface area (Å²) in [5, 5.41) is 2.93. The molecule has 0 radical (unpaired) electrons. The minimum atomic E-state index is -3.52. The van der Waals surface area contributed by atoms with Crippen LogP contribution in [-0.2, 0) is 10.0 Å². The van der Waals surface area contributed by atoms with Gasteiger partial charge in [0.25, 0.3) is 5.91 Å². The maximum Gasteiger partial charge on any atom is 0.255 e. The Morgan fingerprint density at radius 3 is 2.59 bits per heavy atom. The summed E-state index contributed by atoms with van der Waals surface area (Å²) in [5.74, 6) is 1.04. The quantitative estimate of drug-likeness (QED) is 0.736. The number of rotatable bonds is 7. The summed E-state index contributed by atoms with van der Waals surface area (Å²) in [4.78, 5) is 16.6. The van der Waals surface area contributed by atoms with Crippen molar-refractivity contribution in [2.45, 2.75) is 17.7 Å². The van der Waals surface area contributed by atoms with Gasteiger partial charge in [0.1, 0.15) is 16.4 Å². The number of aromatic nitrogens is 1. The predicted octanol–water partition coefficient (Wildman–Crippen LogP) is 1.93. The Labute approximate surface area is 170 Å². The first-order chi connectivity index (χ1) is 14.0. The number of benzene rings is 1. The summed E-state index contributed by atoms with van der Waals surface area (Å²) < 4.78 is 37.2. The number of hydrogen-bond donors (Lipinski definition) is 1. The summed E-state index contributed by atoms with van der Waals surface area (Å²) in [6.45, 7) is 1.32. The number of amides is 1. The molecule has 0 unspecified atom stereocenters. The maximum atomic E-state index is 12.7. The van der Waals surface area contributed by atoms with E-state index in [0.29, 0.717) is 49.5 Å². The Kier molecular flexibility index (Phi) is 6.71. The molecule has 8 nitrogen and oxygen atoms in total. The van der Waals surface area contributed by atoms with Crippen molar-refractivity contribution >= 4 is 15.9 Å². The minimum absolute atomic E-state index is 0.207. The number of ether oxygens (including phenoxy) is 2. The van der Waals surface area contributed by atoms with Gasteiger partial charge in [-0.15, -0.1) is 0 Å². The van der Waals surface area contributed by atoms with Gasteiger partial charge in [-0.1, -0.05) is 0 Å². The second-order valence-corrected chi connectivity index (χ2v) is 8.75. The van der Waals surface area contributed by atoms with Gasteiger partial charge in [-0.25, -0.2) is 8.42 Å². The van der Waals surface area contributed by atoms with Crippen LogP contribution in [0.4, 0.5) is 0 Å². The van der Waals surface area contributed by atoms with E-state index in [1.165, 1.54) is 17.6 Å². The highest BCUT2D eigenvalue weighted by molar-refractivity contribution is 7.89. The first kappa shape index (κ1) is 21.1. The molecule has 1 fully saturated rings. The van der Waals surface area contributed by atoms with Gasteiger partial charge < -0.3 is 14.8 Å². The van der Waals surface area contributed by atoms with Crippen molar-refractivity contribution in [1.29, 1.82) is 0 Å². The van der Waals surface area contributed by atoms with Crippen molar-refractivity contribution in [1.82, 2.24) is 14.6 Å². The molecule has 1 aliphatic heterocycles. The van der Waals surface area contributed by atoms with E-state index in [1.54, 1.807) is 43.6 Å². The van der Waals surface area contributed by atoms with Gasteiger partial charge in [-0.2, -0.15) is 4.31 Å². The number of nitrogens with zero attached hydrogens (tertiary/aromatic N) is 2. The highest BCUT2D eigenvalue weighted by Gasteiger charge is 2.29. The first-order valence-corrected chi connectivity index (χ1v) is 10.8. The molecule has 1 saturated heterocycles. The van der Waals surface area contributed by atoms with Gasteiger partial charge in [-0.3, -0.25) is 9.78 Å². The van der Waals surface area contributed by atoms with Crippen molar-refractivity contribution in [3.05, 3.63) is 48.3 Å². The van der Waals surface area contributed by atoms with Gasteiger partial charge >= 0.3 is 0 Å². The fourth-order valence-corrected chi connectivity index (χ4v) is 4.76. The van der Waals surface area contributed by atoms with Gasteiger partial charge in [0.2, 0.25) is 10.0 Å². The standard InChI is InChI=1S/C20H25N3O5S/c1-27-16-5-6-18(19(12-16)28-2)20(24)22-13-15-7-10-23(11-8-15)29(25,26)17-4-3-9-21-14-17/h3-6,9,12,14-15H,7-8,10-11,13H2,1-2H3,(H,22,24). The van der Waals surface area contributed by atoms with E-state index in [9.17, 15) is 13.2 Å². The minimum Gasteiger partial charge on any atom is -0.497 e. The highest BCUT2D eigenvalue weighted by Crippen LogP contribution is 2.25. The third kappa shape index (κ3) is 4.86. The second kappa shape index (κ2) is 9.23. The second-order valence-electron chi connectivity index (χ2n) is 6.81. The van der Waals surface area contributed by atoms with E-state index in [0.717, 1.165) is 0 Å². The van der Waals surface area contributed by atoms with Crippen molar-refractivity contribution in [3.8, 4) is 11.5 Å². The lowest BCUT2D eigenvalue weighted by Gasteiger charge is -2.31. The van der Waals surface area contributed by atoms with E-state index in [1.807, 2.05) is 0 Å². The molecule has 1 N–H and O–H groups in total. The molecule has 2 aromatic rings. The smallest absolute Gasteiger partial charge is 0.255 e.